The summed E-state index contributed by atoms with van der Waals surface area (Å²) in [4.78, 5) is 47.6. The molecule has 0 heterocycles. The first-order valence-corrected chi connectivity index (χ1v) is 15.8. The maximum absolute atomic E-state index is 13.8. The second-order valence-electron chi connectivity index (χ2n) is 10.6. The quantitative estimate of drug-likeness (QED) is 0.129. The third-order valence-corrected chi connectivity index (χ3v) is 13.2. The van der Waals surface area contributed by atoms with Crippen LogP contribution in [0.2, 0.25) is 0 Å². The van der Waals surface area contributed by atoms with E-state index in [-0.39, 0.29) is 11.7 Å². The Morgan fingerprint density at radius 1 is 0.674 bits per heavy atom. The molecule has 0 aliphatic heterocycles. The summed E-state index contributed by atoms with van der Waals surface area (Å²) in [6.45, 7) is 1.15. The molecule has 0 spiro atoms. The van der Waals surface area contributed by atoms with Gasteiger partial charge in [-0.2, -0.15) is 0 Å². The van der Waals surface area contributed by atoms with E-state index < -0.39 is 52.8 Å². The molecule has 0 unspecified atom stereocenters. The summed E-state index contributed by atoms with van der Waals surface area (Å²) in [5.74, 6) is -1.95. The number of nitro benzene ring substituents is 2. The van der Waals surface area contributed by atoms with Crippen molar-refractivity contribution in [1.82, 2.24) is 0 Å². The van der Waals surface area contributed by atoms with E-state index in [2.05, 4.69) is 0 Å². The van der Waals surface area contributed by atoms with Crippen molar-refractivity contribution in [3.8, 4) is 0 Å². The molecular formula is C32H31N2O8P. The first-order valence-electron chi connectivity index (χ1n) is 13.4. The predicted molar refractivity (Wildman–Crippen MR) is 166 cm³/mol. The molecule has 4 rings (SSSR count). The number of aliphatic carboxylic acids is 1. The predicted octanol–water partition coefficient (Wildman–Crippen LogP) is 5.78. The average Bonchev–Trinajstić information content (AvgIpc) is 2.96. The Hall–Kier alpha value is -4.95. The van der Waals surface area contributed by atoms with Crippen molar-refractivity contribution in [2.75, 3.05) is 0 Å². The normalized spacial score (nSPS) is 12.1. The van der Waals surface area contributed by atoms with E-state index in [1.54, 1.807) is 0 Å². The number of benzene rings is 4. The van der Waals surface area contributed by atoms with Gasteiger partial charge in [0.25, 0.3) is 0 Å². The maximum atomic E-state index is 13.8. The van der Waals surface area contributed by atoms with Gasteiger partial charge in [0.15, 0.2) is 0 Å². The first kappa shape index (κ1) is 31.0. The summed E-state index contributed by atoms with van der Waals surface area (Å²) >= 11 is 0. The summed E-state index contributed by atoms with van der Waals surface area (Å²) in [7, 11) is 0. The Bertz CT molecular complexity index is 1560. The minimum atomic E-state index is -4.56. The van der Waals surface area contributed by atoms with Gasteiger partial charge in [-0.15, -0.1) is 0 Å². The summed E-state index contributed by atoms with van der Waals surface area (Å²) in [6, 6.07) is 25.6. The van der Waals surface area contributed by atoms with E-state index in [9.17, 15) is 34.9 Å². The second-order valence-corrected chi connectivity index (χ2v) is 15.1. The molecule has 11 heteroatoms. The van der Waals surface area contributed by atoms with Crippen molar-refractivity contribution in [2.45, 2.75) is 39.8 Å². The van der Waals surface area contributed by atoms with Gasteiger partial charge >= 0.3 is 248 Å². The number of carboxylic acid groups (broad SMARTS) is 1. The van der Waals surface area contributed by atoms with Crippen molar-refractivity contribution >= 4 is 46.1 Å². The third kappa shape index (κ3) is 6.15. The molecule has 0 saturated heterocycles. The Balaban J connectivity index is 2.21. The van der Waals surface area contributed by atoms with Gasteiger partial charge in [0, 0.05) is 0 Å². The fraction of sp³-hybridized carbons (Fsp3) is 0.188. The average molecular weight is 603 g/mol. The van der Waals surface area contributed by atoms with Crippen LogP contribution in [0.25, 0.3) is 0 Å². The van der Waals surface area contributed by atoms with Crippen LogP contribution in [0.15, 0.2) is 91.0 Å². The van der Waals surface area contributed by atoms with E-state index in [0.717, 1.165) is 22.8 Å². The van der Waals surface area contributed by atoms with Crippen molar-refractivity contribution in [3.05, 3.63) is 133 Å². The Kier molecular flexibility index (Phi) is 8.73. The molecule has 0 atom stereocenters. The molecule has 0 saturated carbocycles. The van der Waals surface area contributed by atoms with Crippen LogP contribution in [0.4, 0.5) is 11.4 Å². The molecule has 0 aromatic heterocycles. The molecule has 10 nitrogen and oxygen atoms in total. The number of carbonyl (C=O) groups excluding carboxylic acids is 1. The van der Waals surface area contributed by atoms with Crippen molar-refractivity contribution in [3.63, 3.8) is 0 Å². The second kappa shape index (κ2) is 12.1. The molecule has 4 aromatic rings. The summed E-state index contributed by atoms with van der Waals surface area (Å²) in [6.07, 6.45) is -1.04. The van der Waals surface area contributed by atoms with E-state index in [4.69, 9.17) is 4.52 Å². The van der Waals surface area contributed by atoms with Gasteiger partial charge in [-0.3, -0.25) is 0 Å². The van der Waals surface area contributed by atoms with Gasteiger partial charge in [-0.1, -0.05) is 0 Å². The van der Waals surface area contributed by atoms with Gasteiger partial charge in [-0.25, -0.2) is 0 Å². The zero-order valence-corrected chi connectivity index (χ0v) is 24.8. The number of nitrogens with zero attached hydrogens (tertiary/aromatic N) is 2. The fourth-order valence-electron chi connectivity index (χ4n) is 5.28. The molecule has 0 radical (unpaired) electrons. The standard InChI is InChI=1S/C32H31N2O8P/c1-22-4-10-28(11-5-22)43(29-12-6-23(2)7-13-29,30-14-8-24(3)9-15-30,42-32(37)17-16-31(35)36)21-25-18-26(33(38)39)20-27(19-25)34(40)41/h4-15,18-20H,16-17,21H2,1-3H3,(H,35,36). The zero-order chi connectivity index (χ0) is 31.4. The van der Waals surface area contributed by atoms with Gasteiger partial charge in [-0.05, 0) is 0 Å². The fourth-order valence-corrected chi connectivity index (χ4v) is 10.9. The van der Waals surface area contributed by atoms with Gasteiger partial charge in [0.05, 0.1) is 0 Å². The molecule has 0 fully saturated rings. The summed E-state index contributed by atoms with van der Waals surface area (Å²) in [5.41, 5.74) is 2.04. The van der Waals surface area contributed by atoms with Crippen LogP contribution in [0, 0.1) is 41.0 Å². The summed E-state index contributed by atoms with van der Waals surface area (Å²) in [5, 5.41) is 34.9. The molecule has 0 bridgehead atoms. The van der Waals surface area contributed by atoms with Gasteiger partial charge < -0.3 is 0 Å². The van der Waals surface area contributed by atoms with Gasteiger partial charge in [0.2, 0.25) is 0 Å². The Labute approximate surface area is 248 Å². The molecule has 0 aliphatic rings. The van der Waals surface area contributed by atoms with Crippen LogP contribution < -0.4 is 15.9 Å². The monoisotopic (exact) mass is 602 g/mol. The number of non-ortho nitro benzene ring substituents is 2. The number of nitro groups is 2. The van der Waals surface area contributed by atoms with Crippen LogP contribution in [0.5, 0.6) is 0 Å². The van der Waals surface area contributed by atoms with Crippen LogP contribution in [-0.2, 0) is 20.3 Å². The van der Waals surface area contributed by atoms with E-state index in [1.807, 2.05) is 93.6 Å². The van der Waals surface area contributed by atoms with E-state index in [1.165, 1.54) is 12.1 Å². The zero-order valence-electron chi connectivity index (χ0n) is 23.9. The van der Waals surface area contributed by atoms with E-state index in [0.29, 0.717) is 15.9 Å². The first-order chi connectivity index (χ1) is 20.3. The molecule has 0 amide bonds. The van der Waals surface area contributed by atoms with Crippen LogP contribution in [-0.4, -0.2) is 26.9 Å². The topological polar surface area (TPSA) is 150 Å². The number of aryl methyl sites for hydroxylation is 3. The molecule has 0 aliphatic carbocycles. The van der Waals surface area contributed by atoms with E-state index >= 15 is 0 Å². The number of rotatable bonds is 11. The Morgan fingerprint density at radius 2 is 1.05 bits per heavy atom. The number of hydrogen-bond acceptors (Lipinski definition) is 7. The number of hydrogen-bond donors (Lipinski definition) is 1. The van der Waals surface area contributed by atoms with Crippen LogP contribution in [0.3, 0.4) is 0 Å². The molecule has 222 valence electrons. The van der Waals surface area contributed by atoms with Gasteiger partial charge in [0.1, 0.15) is 0 Å². The molecule has 43 heavy (non-hydrogen) atoms. The molecule has 1 N–H and O–H groups in total. The van der Waals surface area contributed by atoms with Crippen molar-refractivity contribution < 1.29 is 29.1 Å². The Morgan fingerprint density at radius 3 is 1.37 bits per heavy atom. The SMILES string of the molecule is Cc1ccc(P(Cc2cc([N+](=O)[O-])cc([N+](=O)[O-])c2)(OC(=O)CCC(=O)O)(c2ccc(C)cc2)c2ccc(C)cc2)cc1. The number of carbonyl (C=O) groups is 2. The molecule has 4 aromatic carbocycles. The minimum absolute atomic E-state index is 0.151. The number of carboxylic acids is 1. The van der Waals surface area contributed by atoms with Crippen molar-refractivity contribution in [2.24, 2.45) is 0 Å². The van der Waals surface area contributed by atoms with Crippen LogP contribution >= 0.6 is 6.83 Å². The molecular weight excluding hydrogens is 571 g/mol. The van der Waals surface area contributed by atoms with Crippen molar-refractivity contribution in [1.29, 1.82) is 0 Å². The third-order valence-electron chi connectivity index (χ3n) is 7.46. The summed E-state index contributed by atoms with van der Waals surface area (Å²) < 4.78 is 6.75. The van der Waals surface area contributed by atoms with Crippen LogP contribution in [0.1, 0.15) is 35.1 Å².